The summed E-state index contributed by atoms with van der Waals surface area (Å²) in [6, 6.07) is 0.711. The normalized spacial score (nSPS) is 22.1. The lowest BCUT2D eigenvalue weighted by Gasteiger charge is -2.33. The molecule has 1 aromatic heterocycles. The summed E-state index contributed by atoms with van der Waals surface area (Å²) in [5.41, 5.74) is -0.418. The predicted molar refractivity (Wildman–Crippen MR) is 72.4 cm³/mol. The smallest absolute Gasteiger partial charge is 0.228 e. The highest BCUT2D eigenvalue weighted by atomic mass is 16.5. The summed E-state index contributed by atoms with van der Waals surface area (Å²) < 4.78 is 16.7. The van der Waals surface area contributed by atoms with Crippen molar-refractivity contribution in [1.82, 2.24) is 15.5 Å². The Kier molecular flexibility index (Phi) is 4.33. The number of nitrogens with one attached hydrogen (secondary N) is 1. The van der Waals surface area contributed by atoms with Crippen molar-refractivity contribution in [3.63, 3.8) is 0 Å². The van der Waals surface area contributed by atoms with E-state index in [0.29, 0.717) is 37.6 Å². The average Bonchev–Trinajstić information content (AvgIpc) is 3.16. The molecule has 0 radical (unpaired) electrons. The highest BCUT2D eigenvalue weighted by Gasteiger charge is 2.39. The van der Waals surface area contributed by atoms with Crippen LogP contribution in [0.1, 0.15) is 44.3 Å². The quantitative estimate of drug-likeness (QED) is 0.815. The van der Waals surface area contributed by atoms with Crippen molar-refractivity contribution >= 4 is 0 Å². The fourth-order valence-corrected chi connectivity index (χ4v) is 2.62. The highest BCUT2D eigenvalue weighted by molar-refractivity contribution is 5.03. The van der Waals surface area contributed by atoms with Crippen molar-refractivity contribution in [2.24, 2.45) is 0 Å². The van der Waals surface area contributed by atoms with Crippen LogP contribution in [0, 0.1) is 0 Å². The van der Waals surface area contributed by atoms with Gasteiger partial charge in [-0.2, -0.15) is 4.98 Å². The molecule has 0 amide bonds. The van der Waals surface area contributed by atoms with E-state index in [1.165, 1.54) is 12.8 Å². The molecule has 1 aliphatic heterocycles. The Morgan fingerprint density at radius 3 is 2.85 bits per heavy atom. The van der Waals surface area contributed by atoms with E-state index in [1.807, 2.05) is 6.92 Å². The standard InChI is InChI=1S/C14H23N3O3/c1-2-19-14(6-9-18-10-7-14)13-16-12(20-17-13)5-8-15-11-3-4-11/h11,15H,2-10H2,1H3. The van der Waals surface area contributed by atoms with Gasteiger partial charge in [-0.3, -0.25) is 0 Å². The lowest BCUT2D eigenvalue weighted by Crippen LogP contribution is -2.37. The van der Waals surface area contributed by atoms with Gasteiger partial charge in [-0.05, 0) is 19.8 Å². The minimum absolute atomic E-state index is 0.418. The number of hydrogen-bond donors (Lipinski definition) is 1. The first kappa shape index (κ1) is 14.0. The van der Waals surface area contributed by atoms with Crippen LogP contribution in [0.4, 0.5) is 0 Å². The molecule has 6 heteroatoms. The van der Waals surface area contributed by atoms with Crippen LogP contribution in [0.5, 0.6) is 0 Å². The molecule has 112 valence electrons. The summed E-state index contributed by atoms with van der Waals surface area (Å²) in [6.45, 7) is 4.92. The Bertz CT molecular complexity index is 420. The van der Waals surface area contributed by atoms with Crippen molar-refractivity contribution in [1.29, 1.82) is 0 Å². The third-order valence-corrected chi connectivity index (χ3v) is 3.95. The predicted octanol–water partition coefficient (Wildman–Crippen LogP) is 1.41. The molecule has 1 saturated carbocycles. The zero-order valence-corrected chi connectivity index (χ0v) is 12.1. The Hall–Kier alpha value is -0.980. The van der Waals surface area contributed by atoms with Crippen molar-refractivity contribution in [2.75, 3.05) is 26.4 Å². The van der Waals surface area contributed by atoms with E-state index < -0.39 is 5.60 Å². The Balaban J connectivity index is 1.62. The zero-order valence-electron chi connectivity index (χ0n) is 12.1. The molecule has 0 aromatic carbocycles. The van der Waals surface area contributed by atoms with Crippen molar-refractivity contribution in [3.05, 3.63) is 11.7 Å². The van der Waals surface area contributed by atoms with Gasteiger partial charge in [-0.1, -0.05) is 5.16 Å². The van der Waals surface area contributed by atoms with Crippen LogP contribution in [0.25, 0.3) is 0 Å². The molecule has 0 bridgehead atoms. The molecular weight excluding hydrogens is 258 g/mol. The largest absolute Gasteiger partial charge is 0.381 e. The maximum atomic E-state index is 5.94. The molecule has 1 saturated heterocycles. The number of hydrogen-bond acceptors (Lipinski definition) is 6. The Labute approximate surface area is 119 Å². The minimum Gasteiger partial charge on any atom is -0.381 e. The second-order valence-corrected chi connectivity index (χ2v) is 5.53. The average molecular weight is 281 g/mol. The molecule has 2 aliphatic rings. The third kappa shape index (κ3) is 3.19. The van der Waals surface area contributed by atoms with Gasteiger partial charge in [0.25, 0.3) is 0 Å². The second-order valence-electron chi connectivity index (χ2n) is 5.53. The molecule has 20 heavy (non-hydrogen) atoms. The van der Waals surface area contributed by atoms with Gasteiger partial charge < -0.3 is 19.3 Å². The summed E-state index contributed by atoms with van der Waals surface area (Å²) in [7, 11) is 0. The monoisotopic (exact) mass is 281 g/mol. The summed E-state index contributed by atoms with van der Waals surface area (Å²) in [5, 5.41) is 7.60. The molecule has 0 atom stereocenters. The molecule has 1 N–H and O–H groups in total. The fourth-order valence-electron chi connectivity index (χ4n) is 2.62. The maximum absolute atomic E-state index is 5.94. The lowest BCUT2D eigenvalue weighted by atomic mass is 9.93. The first-order chi connectivity index (χ1) is 9.82. The van der Waals surface area contributed by atoms with Crippen LogP contribution in [-0.2, 0) is 21.5 Å². The molecule has 1 aromatic rings. The van der Waals surface area contributed by atoms with Crippen molar-refractivity contribution in [2.45, 2.75) is 50.7 Å². The minimum atomic E-state index is -0.418. The molecule has 0 spiro atoms. The third-order valence-electron chi connectivity index (χ3n) is 3.95. The van der Waals surface area contributed by atoms with Crippen LogP contribution in [-0.4, -0.2) is 42.5 Å². The van der Waals surface area contributed by atoms with Crippen LogP contribution in [0.3, 0.4) is 0 Å². The van der Waals surface area contributed by atoms with E-state index in [-0.39, 0.29) is 0 Å². The summed E-state index contributed by atoms with van der Waals surface area (Å²) in [4.78, 5) is 4.54. The summed E-state index contributed by atoms with van der Waals surface area (Å²) in [5.74, 6) is 1.38. The second kappa shape index (κ2) is 6.20. The molecule has 1 aliphatic carbocycles. The first-order valence-corrected chi connectivity index (χ1v) is 7.60. The van der Waals surface area contributed by atoms with E-state index in [9.17, 15) is 0 Å². The molecule has 3 rings (SSSR count). The Morgan fingerprint density at radius 2 is 2.15 bits per heavy atom. The number of ether oxygens (including phenoxy) is 2. The lowest BCUT2D eigenvalue weighted by molar-refractivity contribution is -0.118. The molecule has 0 unspecified atom stereocenters. The first-order valence-electron chi connectivity index (χ1n) is 7.60. The molecule has 2 fully saturated rings. The van der Waals surface area contributed by atoms with E-state index >= 15 is 0 Å². The number of nitrogens with zero attached hydrogens (tertiary/aromatic N) is 2. The van der Waals surface area contributed by atoms with Crippen molar-refractivity contribution < 1.29 is 14.0 Å². The van der Waals surface area contributed by atoms with E-state index in [4.69, 9.17) is 14.0 Å². The SMILES string of the molecule is CCOC1(c2noc(CCNC3CC3)n2)CCOCC1. The maximum Gasteiger partial charge on any atom is 0.228 e. The topological polar surface area (TPSA) is 69.4 Å². The highest BCUT2D eigenvalue weighted by Crippen LogP contribution is 2.34. The van der Waals surface area contributed by atoms with Crippen LogP contribution in [0.2, 0.25) is 0 Å². The molecule has 6 nitrogen and oxygen atoms in total. The van der Waals surface area contributed by atoms with Gasteiger partial charge in [0, 0.05) is 51.7 Å². The van der Waals surface area contributed by atoms with Crippen molar-refractivity contribution in [3.8, 4) is 0 Å². The summed E-state index contributed by atoms with van der Waals surface area (Å²) >= 11 is 0. The van der Waals surface area contributed by atoms with Crippen LogP contribution >= 0.6 is 0 Å². The molecular formula is C14H23N3O3. The van der Waals surface area contributed by atoms with Gasteiger partial charge in [0.2, 0.25) is 11.7 Å². The number of aromatic nitrogens is 2. The van der Waals surface area contributed by atoms with Crippen LogP contribution < -0.4 is 5.32 Å². The summed E-state index contributed by atoms with van der Waals surface area (Å²) in [6.07, 6.45) is 4.95. The number of rotatable bonds is 7. The van der Waals surface area contributed by atoms with Crippen LogP contribution in [0.15, 0.2) is 4.52 Å². The van der Waals surface area contributed by atoms with Gasteiger partial charge in [-0.25, -0.2) is 0 Å². The Morgan fingerprint density at radius 1 is 1.35 bits per heavy atom. The fraction of sp³-hybridized carbons (Fsp3) is 0.857. The molecule has 2 heterocycles. The zero-order chi connectivity index (χ0) is 13.8. The van der Waals surface area contributed by atoms with Gasteiger partial charge in [-0.15, -0.1) is 0 Å². The van der Waals surface area contributed by atoms with Gasteiger partial charge in [0.05, 0.1) is 0 Å². The van der Waals surface area contributed by atoms with E-state index in [1.54, 1.807) is 0 Å². The van der Waals surface area contributed by atoms with E-state index in [0.717, 1.165) is 25.8 Å². The van der Waals surface area contributed by atoms with E-state index in [2.05, 4.69) is 15.5 Å². The van der Waals surface area contributed by atoms with Gasteiger partial charge in [0.15, 0.2) is 0 Å². The van der Waals surface area contributed by atoms with Gasteiger partial charge in [0.1, 0.15) is 5.60 Å². The van der Waals surface area contributed by atoms with Gasteiger partial charge >= 0.3 is 0 Å².